The van der Waals surface area contributed by atoms with Crippen LogP contribution in [0.5, 0.6) is 0 Å². The Morgan fingerprint density at radius 2 is 1.09 bits per heavy atom. The van der Waals surface area contributed by atoms with Crippen molar-refractivity contribution in [1.29, 1.82) is 0 Å². The van der Waals surface area contributed by atoms with Crippen molar-refractivity contribution < 1.29 is 14.2 Å². The minimum atomic E-state index is 0.00431. The molecule has 0 saturated carbocycles. The topological polar surface area (TPSA) is 27.7 Å². The van der Waals surface area contributed by atoms with E-state index in [1.54, 1.807) is 0 Å². The van der Waals surface area contributed by atoms with E-state index >= 15 is 0 Å². The molecule has 0 aliphatic rings. The van der Waals surface area contributed by atoms with E-state index in [9.17, 15) is 0 Å². The smallest absolute Gasteiger partial charge is 0.150 e. The lowest BCUT2D eigenvalue weighted by molar-refractivity contribution is -0.168. The van der Waals surface area contributed by atoms with Gasteiger partial charge in [0.15, 0.2) is 0 Å². The molecule has 2 aromatic carbocycles. The molecule has 0 radical (unpaired) electrons. The van der Waals surface area contributed by atoms with Crippen molar-refractivity contribution in [1.82, 2.24) is 0 Å². The summed E-state index contributed by atoms with van der Waals surface area (Å²) in [5.41, 5.74) is 2.43. The molecule has 0 bridgehead atoms. The number of hydrogen-bond donors (Lipinski definition) is 0. The molecule has 0 fully saturated rings. The molecule has 180 valence electrons. The predicted octanol–water partition coefficient (Wildman–Crippen LogP) is 9.14. The van der Waals surface area contributed by atoms with Gasteiger partial charge in [0, 0.05) is 7.14 Å². The van der Waals surface area contributed by atoms with Crippen molar-refractivity contribution in [2.75, 3.05) is 13.6 Å². The van der Waals surface area contributed by atoms with Gasteiger partial charge in [0.1, 0.15) is 13.6 Å². The van der Waals surface area contributed by atoms with Crippen molar-refractivity contribution in [3.8, 4) is 0 Å². The Hall–Kier alpha value is -0.740. The lowest BCUT2D eigenvalue weighted by Gasteiger charge is -2.21. The van der Waals surface area contributed by atoms with Crippen molar-refractivity contribution in [2.45, 2.75) is 64.6 Å². The van der Waals surface area contributed by atoms with Crippen LogP contribution in [0.15, 0.2) is 72.8 Å². The third-order valence-corrected chi connectivity index (χ3v) is 7.17. The van der Waals surface area contributed by atoms with Gasteiger partial charge >= 0.3 is 0 Å². The molecule has 0 N–H and O–H groups in total. The Morgan fingerprint density at radius 1 is 0.667 bits per heavy atom. The summed E-state index contributed by atoms with van der Waals surface area (Å²) in [7, 11) is 0. The minimum absolute atomic E-state index is 0.00431. The maximum atomic E-state index is 6.16. The largest absolute Gasteiger partial charge is 0.347 e. The fraction of sp³-hybridized carbons (Fsp3) is 0.429. The highest BCUT2D eigenvalue weighted by Gasteiger charge is 2.16. The molecule has 3 nitrogen and oxygen atoms in total. The van der Waals surface area contributed by atoms with Crippen molar-refractivity contribution in [2.24, 2.45) is 0 Å². The summed E-state index contributed by atoms with van der Waals surface area (Å²) < 4.78 is 20.5. The molecule has 0 amide bonds. The van der Waals surface area contributed by atoms with Crippen LogP contribution in [0, 0.1) is 7.14 Å². The monoisotopic (exact) mass is 674 g/mol. The highest BCUT2D eigenvalue weighted by Crippen LogP contribution is 2.29. The molecule has 0 aliphatic heterocycles. The van der Waals surface area contributed by atoms with Gasteiger partial charge in [-0.15, -0.1) is 0 Å². The molecule has 0 spiro atoms. The lowest BCUT2D eigenvalue weighted by Crippen LogP contribution is -2.13. The summed E-state index contributed by atoms with van der Waals surface area (Å²) in [4.78, 5) is 0. The van der Waals surface area contributed by atoms with Crippen LogP contribution >= 0.6 is 45.2 Å². The van der Waals surface area contributed by atoms with Crippen molar-refractivity contribution in [3.63, 3.8) is 0 Å². The van der Waals surface area contributed by atoms with E-state index in [0.29, 0.717) is 0 Å². The van der Waals surface area contributed by atoms with E-state index in [1.807, 2.05) is 0 Å². The number of allylic oxidation sites excluding steroid dienone is 4. The number of hydrogen-bond acceptors (Lipinski definition) is 3. The number of benzene rings is 2. The summed E-state index contributed by atoms with van der Waals surface area (Å²) in [5.74, 6) is 0. The number of halogens is 2. The van der Waals surface area contributed by atoms with Crippen molar-refractivity contribution in [3.05, 3.63) is 91.1 Å². The molecular weight excluding hydrogens is 638 g/mol. The van der Waals surface area contributed by atoms with Crippen LogP contribution in [-0.4, -0.2) is 13.6 Å². The van der Waals surface area contributed by atoms with E-state index in [4.69, 9.17) is 14.2 Å². The first-order chi connectivity index (χ1) is 16.2. The second-order valence-electron chi connectivity index (χ2n) is 7.71. The lowest BCUT2D eigenvalue weighted by atomic mass is 10.0. The molecule has 33 heavy (non-hydrogen) atoms. The first-order valence-electron chi connectivity index (χ1n) is 11.8. The van der Waals surface area contributed by atoms with Gasteiger partial charge in [0.05, 0.1) is 12.2 Å². The molecule has 2 unspecified atom stereocenters. The van der Waals surface area contributed by atoms with Gasteiger partial charge in [0.2, 0.25) is 0 Å². The summed E-state index contributed by atoms with van der Waals surface area (Å²) in [6, 6.07) is 16.8. The molecule has 0 aromatic heterocycles. The predicted molar refractivity (Wildman–Crippen MR) is 154 cm³/mol. The minimum Gasteiger partial charge on any atom is -0.347 e. The summed E-state index contributed by atoms with van der Waals surface area (Å²) in [5, 5.41) is 0. The van der Waals surface area contributed by atoms with E-state index in [1.165, 1.54) is 18.3 Å². The zero-order valence-corrected chi connectivity index (χ0v) is 24.0. The van der Waals surface area contributed by atoms with Crippen LogP contribution in [0.1, 0.15) is 75.7 Å². The Balaban J connectivity index is 1.90. The molecular formula is C28H36I2O3. The highest BCUT2D eigenvalue weighted by molar-refractivity contribution is 14.1. The van der Waals surface area contributed by atoms with E-state index in [0.717, 1.165) is 38.5 Å². The van der Waals surface area contributed by atoms with Crippen molar-refractivity contribution >= 4 is 45.2 Å². The van der Waals surface area contributed by atoms with Crippen LogP contribution in [-0.2, 0) is 14.2 Å². The summed E-state index contributed by atoms with van der Waals surface area (Å²) in [6.07, 6.45) is 14.8. The molecule has 2 atom stereocenters. The second-order valence-corrected chi connectivity index (χ2v) is 10.0. The van der Waals surface area contributed by atoms with Crippen LogP contribution in [0.2, 0.25) is 0 Å². The standard InChI is InChI=1S/C28H36I2O3/c1-3-5-7-9-19-27(23-15-11-13-17-25(23)29)32-21-31-22-33-28(20-10-8-6-4-2)24-16-12-14-18-26(24)30/h5-8,11-18,27-28H,3-4,9-10,19-22H2,1-2H3. The molecule has 0 aliphatic carbocycles. The second kappa shape index (κ2) is 17.7. The van der Waals surface area contributed by atoms with Gasteiger partial charge in [-0.05, 0) is 107 Å². The zero-order valence-electron chi connectivity index (χ0n) is 19.7. The average molecular weight is 674 g/mol. The van der Waals surface area contributed by atoms with E-state index < -0.39 is 0 Å². The summed E-state index contributed by atoms with van der Waals surface area (Å²) in [6.45, 7) is 4.73. The van der Waals surface area contributed by atoms with Gasteiger partial charge in [-0.25, -0.2) is 0 Å². The normalized spacial score (nSPS) is 13.7. The van der Waals surface area contributed by atoms with Gasteiger partial charge in [-0.1, -0.05) is 74.5 Å². The number of ether oxygens (including phenoxy) is 3. The molecule has 2 aromatic rings. The Labute approximate surface area is 227 Å². The SMILES string of the molecule is CCC=CCCC(OCOCOC(CCC=CCC)c1ccccc1I)c1ccccc1I. The van der Waals surface area contributed by atoms with E-state index in [2.05, 4.69) is 132 Å². The van der Waals surface area contributed by atoms with Crippen LogP contribution in [0.4, 0.5) is 0 Å². The Kier molecular flexibility index (Phi) is 15.2. The van der Waals surface area contributed by atoms with Gasteiger partial charge in [0.25, 0.3) is 0 Å². The molecule has 0 saturated heterocycles. The van der Waals surface area contributed by atoms with Crippen LogP contribution in [0.25, 0.3) is 0 Å². The van der Waals surface area contributed by atoms with Gasteiger partial charge < -0.3 is 14.2 Å². The molecule has 2 rings (SSSR count). The first-order valence-corrected chi connectivity index (χ1v) is 13.9. The van der Waals surface area contributed by atoms with Crippen LogP contribution < -0.4 is 0 Å². The third-order valence-electron chi connectivity index (χ3n) is 5.21. The maximum absolute atomic E-state index is 6.16. The zero-order chi connectivity index (χ0) is 23.7. The number of rotatable bonds is 16. The fourth-order valence-electron chi connectivity index (χ4n) is 3.49. The van der Waals surface area contributed by atoms with Gasteiger partial charge in [-0.3, -0.25) is 0 Å². The fourth-order valence-corrected chi connectivity index (χ4v) is 4.96. The molecule has 5 heteroatoms. The first kappa shape index (κ1) is 28.5. The molecule has 0 heterocycles. The quantitative estimate of drug-likeness (QED) is 0.0770. The van der Waals surface area contributed by atoms with Gasteiger partial charge in [-0.2, -0.15) is 0 Å². The Bertz CT molecular complexity index is 781. The average Bonchev–Trinajstić information content (AvgIpc) is 2.82. The van der Waals surface area contributed by atoms with E-state index in [-0.39, 0.29) is 25.8 Å². The summed E-state index contributed by atoms with van der Waals surface area (Å²) >= 11 is 4.76. The maximum Gasteiger partial charge on any atom is 0.150 e. The van der Waals surface area contributed by atoms with Crippen LogP contribution in [0.3, 0.4) is 0 Å². The Morgan fingerprint density at radius 3 is 1.48 bits per heavy atom. The highest BCUT2D eigenvalue weighted by atomic mass is 127. The third kappa shape index (κ3) is 11.0.